The van der Waals surface area contributed by atoms with Gasteiger partial charge in [-0.2, -0.15) is 0 Å². The Morgan fingerprint density at radius 1 is 1.15 bits per heavy atom. The fourth-order valence-electron chi connectivity index (χ4n) is 4.15. The van der Waals surface area contributed by atoms with Crippen LogP contribution >= 0.6 is 11.6 Å². The summed E-state index contributed by atoms with van der Waals surface area (Å²) < 4.78 is 22.4. The van der Waals surface area contributed by atoms with Crippen LogP contribution in [0.3, 0.4) is 0 Å². The van der Waals surface area contributed by atoms with Crippen molar-refractivity contribution in [2.24, 2.45) is 7.05 Å². The SMILES string of the molecule is Cc1ccc(C2CN(c3cc4nc(C)n(C)c(=O)c4c(-c4ccc(Cl)cc4F)n3)CCO2)cn1. The van der Waals surface area contributed by atoms with Crippen molar-refractivity contribution in [1.82, 2.24) is 19.5 Å². The van der Waals surface area contributed by atoms with Crippen molar-refractivity contribution in [3.63, 3.8) is 0 Å². The summed E-state index contributed by atoms with van der Waals surface area (Å²) in [5.74, 6) is 0.611. The van der Waals surface area contributed by atoms with Crippen molar-refractivity contribution in [3.05, 3.63) is 80.9 Å². The summed E-state index contributed by atoms with van der Waals surface area (Å²) >= 11 is 5.97. The normalized spacial score (nSPS) is 16.3. The number of halogens is 2. The molecule has 1 aromatic carbocycles. The second kappa shape index (κ2) is 8.77. The Kier molecular flexibility index (Phi) is 5.79. The summed E-state index contributed by atoms with van der Waals surface area (Å²) in [7, 11) is 1.64. The number of anilines is 1. The minimum atomic E-state index is -0.549. The van der Waals surface area contributed by atoms with Crippen molar-refractivity contribution in [2.75, 3.05) is 24.6 Å². The van der Waals surface area contributed by atoms with Crippen LogP contribution in [0.2, 0.25) is 5.02 Å². The summed E-state index contributed by atoms with van der Waals surface area (Å²) in [4.78, 5) is 29.0. The number of fused-ring (bicyclic) bond motifs is 1. The van der Waals surface area contributed by atoms with Gasteiger partial charge in [-0.05, 0) is 38.1 Å². The van der Waals surface area contributed by atoms with Gasteiger partial charge in [0.1, 0.15) is 23.6 Å². The van der Waals surface area contributed by atoms with Crippen LogP contribution in [-0.4, -0.2) is 39.2 Å². The average Bonchev–Trinajstić information content (AvgIpc) is 2.82. The lowest BCUT2D eigenvalue weighted by molar-refractivity contribution is 0.0393. The molecule has 0 spiro atoms. The number of benzene rings is 1. The monoisotopic (exact) mass is 479 g/mol. The first-order chi connectivity index (χ1) is 16.3. The maximum atomic E-state index is 15.0. The summed E-state index contributed by atoms with van der Waals surface area (Å²) in [6.45, 7) is 5.33. The maximum Gasteiger partial charge on any atom is 0.263 e. The minimum absolute atomic E-state index is 0.187. The fraction of sp³-hybridized carbons (Fsp3) is 0.280. The van der Waals surface area contributed by atoms with Gasteiger partial charge in [-0.1, -0.05) is 17.7 Å². The van der Waals surface area contributed by atoms with E-state index in [4.69, 9.17) is 21.3 Å². The van der Waals surface area contributed by atoms with Gasteiger partial charge in [0.2, 0.25) is 0 Å². The number of rotatable bonds is 3. The van der Waals surface area contributed by atoms with E-state index in [-0.39, 0.29) is 33.3 Å². The van der Waals surface area contributed by atoms with Crippen LogP contribution < -0.4 is 10.5 Å². The number of hydrogen-bond donors (Lipinski definition) is 0. The zero-order valence-electron chi connectivity index (χ0n) is 19.0. The van der Waals surface area contributed by atoms with Crippen LogP contribution in [0.4, 0.5) is 10.2 Å². The highest BCUT2D eigenvalue weighted by Gasteiger charge is 2.26. The average molecular weight is 480 g/mol. The number of pyridine rings is 2. The number of aryl methyl sites for hydroxylation is 2. The van der Waals surface area contributed by atoms with Crippen molar-refractivity contribution in [3.8, 4) is 11.3 Å². The molecule has 1 saturated heterocycles. The Morgan fingerprint density at radius 2 is 1.97 bits per heavy atom. The van der Waals surface area contributed by atoms with Gasteiger partial charge in [0.05, 0.1) is 23.2 Å². The first-order valence-corrected chi connectivity index (χ1v) is 11.3. The highest BCUT2D eigenvalue weighted by Crippen LogP contribution is 2.32. The van der Waals surface area contributed by atoms with Crippen molar-refractivity contribution in [2.45, 2.75) is 20.0 Å². The maximum absolute atomic E-state index is 15.0. The summed E-state index contributed by atoms with van der Waals surface area (Å²) in [6.07, 6.45) is 1.63. The Morgan fingerprint density at radius 3 is 2.71 bits per heavy atom. The minimum Gasteiger partial charge on any atom is -0.370 e. The molecule has 174 valence electrons. The Bertz CT molecular complexity index is 1450. The molecule has 0 aliphatic carbocycles. The lowest BCUT2D eigenvalue weighted by atomic mass is 10.1. The molecular weight excluding hydrogens is 457 g/mol. The number of aromatic nitrogens is 4. The molecule has 1 aliphatic rings. The molecular formula is C25H23ClFN5O2. The van der Waals surface area contributed by atoms with Crippen LogP contribution in [0.1, 0.15) is 23.2 Å². The molecule has 9 heteroatoms. The molecule has 5 rings (SSSR count). The third kappa shape index (κ3) is 4.03. The van der Waals surface area contributed by atoms with E-state index < -0.39 is 5.82 Å². The third-order valence-corrected chi connectivity index (χ3v) is 6.39. The van der Waals surface area contributed by atoms with Gasteiger partial charge in [-0.3, -0.25) is 14.3 Å². The number of morpholine rings is 1. The lowest BCUT2D eigenvalue weighted by Crippen LogP contribution is -2.39. The standard InChI is InChI=1S/C25H23ClFN5O2/c1-14-4-5-16(12-28-14)21-13-32(8-9-34-21)22-11-20-23(25(33)31(3)15(2)29-20)24(30-22)18-7-6-17(26)10-19(18)27/h4-7,10-12,21H,8-9,13H2,1-3H3. The molecule has 1 unspecified atom stereocenters. The molecule has 0 bridgehead atoms. The lowest BCUT2D eigenvalue weighted by Gasteiger charge is -2.34. The number of nitrogens with zero attached hydrogens (tertiary/aromatic N) is 5. The van der Waals surface area contributed by atoms with E-state index >= 15 is 0 Å². The van der Waals surface area contributed by atoms with E-state index in [0.717, 1.165) is 11.3 Å². The van der Waals surface area contributed by atoms with Crippen molar-refractivity contribution >= 4 is 28.3 Å². The Balaban J connectivity index is 1.65. The van der Waals surface area contributed by atoms with E-state index in [0.29, 0.717) is 36.9 Å². The molecule has 34 heavy (non-hydrogen) atoms. The molecule has 4 aromatic rings. The fourth-order valence-corrected chi connectivity index (χ4v) is 4.31. The second-order valence-corrected chi connectivity index (χ2v) is 8.85. The Hall–Kier alpha value is -3.36. The quantitative estimate of drug-likeness (QED) is 0.434. The molecule has 0 N–H and O–H groups in total. The molecule has 0 radical (unpaired) electrons. The van der Waals surface area contributed by atoms with Crippen molar-refractivity contribution in [1.29, 1.82) is 0 Å². The Labute approximate surface area is 200 Å². The number of hydrogen-bond acceptors (Lipinski definition) is 6. The highest BCUT2D eigenvalue weighted by atomic mass is 35.5. The van der Waals surface area contributed by atoms with Gasteiger partial charge < -0.3 is 9.64 Å². The van der Waals surface area contributed by atoms with Crippen LogP contribution in [0.5, 0.6) is 0 Å². The third-order valence-electron chi connectivity index (χ3n) is 6.15. The molecule has 0 saturated carbocycles. The first-order valence-electron chi connectivity index (χ1n) is 10.9. The molecule has 1 aliphatic heterocycles. The van der Waals surface area contributed by atoms with E-state index in [1.54, 1.807) is 32.2 Å². The second-order valence-electron chi connectivity index (χ2n) is 8.41. The summed E-state index contributed by atoms with van der Waals surface area (Å²) in [5, 5.41) is 0.539. The van der Waals surface area contributed by atoms with Gasteiger partial charge in [0.15, 0.2) is 0 Å². The van der Waals surface area contributed by atoms with E-state index in [2.05, 4.69) is 14.9 Å². The van der Waals surface area contributed by atoms with Gasteiger partial charge in [0.25, 0.3) is 5.56 Å². The van der Waals surface area contributed by atoms with Gasteiger partial charge in [-0.15, -0.1) is 0 Å². The molecule has 3 aromatic heterocycles. The molecule has 1 fully saturated rings. The molecule has 1 atom stereocenters. The first kappa shape index (κ1) is 22.4. The largest absolute Gasteiger partial charge is 0.370 e. The topological polar surface area (TPSA) is 73.1 Å². The molecule has 4 heterocycles. The van der Waals surface area contributed by atoms with Gasteiger partial charge in [0, 0.05) is 54.2 Å². The van der Waals surface area contributed by atoms with Gasteiger partial charge in [-0.25, -0.2) is 14.4 Å². The highest BCUT2D eigenvalue weighted by molar-refractivity contribution is 6.30. The van der Waals surface area contributed by atoms with Crippen molar-refractivity contribution < 1.29 is 9.13 Å². The zero-order valence-corrected chi connectivity index (χ0v) is 19.8. The number of ether oxygens (including phenoxy) is 1. The van der Waals surface area contributed by atoms with Crippen LogP contribution in [-0.2, 0) is 11.8 Å². The van der Waals surface area contributed by atoms with E-state index in [9.17, 15) is 9.18 Å². The van der Waals surface area contributed by atoms with E-state index in [1.165, 1.54) is 10.6 Å². The zero-order chi connectivity index (χ0) is 24.0. The predicted octanol–water partition coefficient (Wildman–Crippen LogP) is 4.38. The summed E-state index contributed by atoms with van der Waals surface area (Å²) in [6, 6.07) is 10.1. The van der Waals surface area contributed by atoms with Crippen LogP contribution in [0.25, 0.3) is 22.2 Å². The molecule has 0 amide bonds. The van der Waals surface area contributed by atoms with Crippen LogP contribution in [0.15, 0.2) is 47.4 Å². The summed E-state index contributed by atoms with van der Waals surface area (Å²) in [5.41, 5.74) is 2.54. The molecule has 7 nitrogen and oxygen atoms in total. The predicted molar refractivity (Wildman–Crippen MR) is 130 cm³/mol. The smallest absolute Gasteiger partial charge is 0.263 e. The van der Waals surface area contributed by atoms with Crippen LogP contribution in [0, 0.1) is 19.7 Å². The van der Waals surface area contributed by atoms with Gasteiger partial charge >= 0.3 is 0 Å². The van der Waals surface area contributed by atoms with E-state index in [1.807, 2.05) is 25.3 Å².